The van der Waals surface area contributed by atoms with Gasteiger partial charge >= 0.3 is 0 Å². The number of amides is 1. The molecule has 3 aromatic heterocycles. The molecule has 1 amide bonds. The zero-order valence-corrected chi connectivity index (χ0v) is 24.1. The number of aliphatic hydroxyl groups excluding tert-OH is 2. The largest absolute Gasteiger partial charge is 0.387 e. The van der Waals surface area contributed by atoms with Gasteiger partial charge in [-0.15, -0.1) is 0 Å². The molecular formula is C32H35N7O4. The molecule has 1 aliphatic carbocycles. The van der Waals surface area contributed by atoms with Crippen LogP contribution in [0.25, 0.3) is 22.1 Å². The lowest BCUT2D eigenvalue weighted by molar-refractivity contribution is -0.137. The molecular weight excluding hydrogens is 546 g/mol. The molecule has 222 valence electrons. The predicted octanol–water partition coefficient (Wildman–Crippen LogP) is 3.00. The molecule has 0 bridgehead atoms. The van der Waals surface area contributed by atoms with Gasteiger partial charge in [0.2, 0.25) is 0 Å². The Labute approximate surface area is 248 Å². The van der Waals surface area contributed by atoms with Crippen molar-refractivity contribution >= 4 is 33.8 Å². The summed E-state index contributed by atoms with van der Waals surface area (Å²) in [5.41, 5.74) is 7.21. The predicted molar refractivity (Wildman–Crippen MR) is 162 cm³/mol. The van der Waals surface area contributed by atoms with Crippen molar-refractivity contribution in [3.63, 3.8) is 0 Å². The SMILES string of the molecule is Cc1ccc(C)c(Cn2cc(CCNc3ncnc4c3ncn4[C@@H]3O[C@H](C(=O)NC4CC4)[C@@H](O)[C@H]3O)c3ccccc32)c1. The number of hydrogen-bond donors (Lipinski definition) is 4. The van der Waals surface area contributed by atoms with Crippen LogP contribution in [0.1, 0.15) is 41.3 Å². The van der Waals surface area contributed by atoms with Gasteiger partial charge < -0.3 is 30.2 Å². The van der Waals surface area contributed by atoms with Gasteiger partial charge in [-0.2, -0.15) is 0 Å². The maximum Gasteiger partial charge on any atom is 0.252 e. The van der Waals surface area contributed by atoms with Gasteiger partial charge in [0.05, 0.1) is 6.33 Å². The average molecular weight is 582 g/mol. The Morgan fingerprint density at radius 2 is 1.88 bits per heavy atom. The van der Waals surface area contributed by atoms with Crippen LogP contribution < -0.4 is 10.6 Å². The van der Waals surface area contributed by atoms with E-state index >= 15 is 0 Å². The summed E-state index contributed by atoms with van der Waals surface area (Å²) < 4.78 is 9.69. The van der Waals surface area contributed by atoms with Crippen molar-refractivity contribution in [3.05, 3.63) is 83.6 Å². The molecule has 11 nitrogen and oxygen atoms in total. The van der Waals surface area contributed by atoms with Crippen LogP contribution in [0, 0.1) is 13.8 Å². The summed E-state index contributed by atoms with van der Waals surface area (Å²) >= 11 is 0. The third-order valence-electron chi connectivity index (χ3n) is 8.46. The molecule has 5 aromatic rings. The Hall–Kier alpha value is -4.32. The summed E-state index contributed by atoms with van der Waals surface area (Å²) in [5.74, 6) is 0.132. The van der Waals surface area contributed by atoms with E-state index in [1.807, 2.05) is 0 Å². The molecule has 1 saturated carbocycles. The van der Waals surface area contributed by atoms with Gasteiger partial charge in [0.25, 0.3) is 5.91 Å². The lowest BCUT2D eigenvalue weighted by atomic mass is 10.1. The number of carbonyl (C=O) groups excluding carboxylic acids is 1. The normalized spacial score (nSPS) is 22.0. The number of para-hydroxylation sites is 1. The van der Waals surface area contributed by atoms with Crippen LogP contribution in [-0.2, 0) is 22.5 Å². The molecule has 1 aliphatic heterocycles. The third-order valence-corrected chi connectivity index (χ3v) is 8.46. The minimum atomic E-state index is -1.36. The van der Waals surface area contributed by atoms with Gasteiger partial charge in [-0.3, -0.25) is 9.36 Å². The average Bonchev–Trinajstić information content (AvgIpc) is 3.49. The highest BCUT2D eigenvalue weighted by molar-refractivity contribution is 5.85. The second-order valence-electron chi connectivity index (χ2n) is 11.7. The summed E-state index contributed by atoms with van der Waals surface area (Å²) in [7, 11) is 0. The quantitative estimate of drug-likeness (QED) is 0.208. The van der Waals surface area contributed by atoms with Crippen molar-refractivity contribution < 1.29 is 19.7 Å². The number of nitrogens with zero attached hydrogens (tertiary/aromatic N) is 5. The van der Waals surface area contributed by atoms with Gasteiger partial charge in [-0.05, 0) is 55.9 Å². The molecule has 11 heteroatoms. The highest BCUT2D eigenvalue weighted by atomic mass is 16.6. The van der Waals surface area contributed by atoms with Crippen LogP contribution >= 0.6 is 0 Å². The molecule has 7 rings (SSSR count). The first-order chi connectivity index (χ1) is 20.9. The molecule has 0 radical (unpaired) electrons. The first kappa shape index (κ1) is 27.5. The van der Waals surface area contributed by atoms with Crippen LogP contribution in [0.15, 0.2) is 61.3 Å². The minimum absolute atomic E-state index is 0.115. The number of carbonyl (C=O) groups is 1. The van der Waals surface area contributed by atoms with Gasteiger partial charge in [0, 0.05) is 36.2 Å². The Kier molecular flexibility index (Phi) is 7.08. The summed E-state index contributed by atoms with van der Waals surface area (Å²) in [6.07, 6.45) is 2.87. The number of benzene rings is 2. The Balaban J connectivity index is 1.08. The van der Waals surface area contributed by atoms with Crippen LogP contribution in [0.2, 0.25) is 0 Å². The Bertz CT molecular complexity index is 1810. The van der Waals surface area contributed by atoms with E-state index < -0.39 is 30.4 Å². The van der Waals surface area contributed by atoms with E-state index in [9.17, 15) is 15.0 Å². The molecule has 2 aliphatic rings. The Morgan fingerprint density at radius 3 is 2.72 bits per heavy atom. The van der Waals surface area contributed by atoms with Crippen molar-refractivity contribution in [1.29, 1.82) is 0 Å². The van der Waals surface area contributed by atoms with E-state index in [4.69, 9.17) is 4.74 Å². The highest BCUT2D eigenvalue weighted by Crippen LogP contribution is 2.33. The topological polar surface area (TPSA) is 139 Å². The fraction of sp³-hybridized carbons (Fsp3) is 0.375. The van der Waals surface area contributed by atoms with Crippen LogP contribution in [0.5, 0.6) is 0 Å². The fourth-order valence-electron chi connectivity index (χ4n) is 5.91. The summed E-state index contributed by atoms with van der Waals surface area (Å²) in [5, 5.41) is 28.7. The van der Waals surface area contributed by atoms with Gasteiger partial charge in [-0.1, -0.05) is 42.0 Å². The fourth-order valence-corrected chi connectivity index (χ4v) is 5.91. The zero-order valence-electron chi connectivity index (χ0n) is 24.1. The Morgan fingerprint density at radius 1 is 1.05 bits per heavy atom. The second kappa shape index (κ2) is 11.1. The van der Waals surface area contributed by atoms with Crippen molar-refractivity contribution in [2.45, 2.75) is 70.2 Å². The lowest BCUT2D eigenvalue weighted by Crippen LogP contribution is -2.43. The number of aromatic nitrogens is 5. The number of aryl methyl sites for hydroxylation is 2. The van der Waals surface area contributed by atoms with Crippen LogP contribution in [0.3, 0.4) is 0 Å². The zero-order chi connectivity index (χ0) is 29.7. The molecule has 0 spiro atoms. The van der Waals surface area contributed by atoms with E-state index in [1.165, 1.54) is 45.8 Å². The number of fused-ring (bicyclic) bond motifs is 2. The first-order valence-electron chi connectivity index (χ1n) is 14.7. The summed E-state index contributed by atoms with van der Waals surface area (Å²) in [6.45, 7) is 5.69. The smallest absolute Gasteiger partial charge is 0.252 e. The van der Waals surface area contributed by atoms with E-state index in [-0.39, 0.29) is 6.04 Å². The first-order valence-corrected chi connectivity index (χ1v) is 14.7. The standard InChI is InChI=1S/C32H35N7O4/c1-18-7-8-19(2)21(13-18)15-38-14-20(23-5-3-4-6-24(23)38)11-12-33-29-25-30(35-16-34-29)39(17-36-25)32-27(41)26(40)28(43-32)31(42)37-22-9-10-22/h3-8,13-14,16-17,22,26-28,32,40-41H,9-12,15H2,1-2H3,(H,37,42)(H,33,34,35)/t26-,27+,28-,32+/m0/s1. The highest BCUT2D eigenvalue weighted by Gasteiger charge is 2.48. The van der Waals surface area contributed by atoms with Gasteiger partial charge in [0.15, 0.2) is 29.3 Å². The van der Waals surface area contributed by atoms with Crippen LogP contribution in [-0.4, -0.2) is 71.1 Å². The molecule has 2 fully saturated rings. The van der Waals surface area contributed by atoms with Crippen molar-refractivity contribution in [1.82, 2.24) is 29.4 Å². The molecule has 1 saturated heterocycles. The monoisotopic (exact) mass is 581 g/mol. The summed E-state index contributed by atoms with van der Waals surface area (Å²) in [4.78, 5) is 25.8. The third kappa shape index (κ3) is 5.24. The van der Waals surface area contributed by atoms with E-state index in [0.29, 0.717) is 23.5 Å². The van der Waals surface area contributed by atoms with Gasteiger partial charge in [0.1, 0.15) is 18.5 Å². The molecule has 4 heterocycles. The molecule has 2 aromatic carbocycles. The van der Waals surface area contributed by atoms with Crippen LogP contribution in [0.4, 0.5) is 5.82 Å². The number of hydrogen-bond acceptors (Lipinski definition) is 8. The maximum atomic E-state index is 12.6. The summed E-state index contributed by atoms with van der Waals surface area (Å²) in [6, 6.07) is 15.2. The molecule has 4 N–H and O–H groups in total. The number of nitrogens with one attached hydrogen (secondary N) is 2. The lowest BCUT2D eigenvalue weighted by Gasteiger charge is -2.16. The molecule has 43 heavy (non-hydrogen) atoms. The number of anilines is 1. The number of ether oxygens (including phenoxy) is 1. The number of aliphatic hydroxyl groups is 2. The molecule has 0 unspecified atom stereocenters. The van der Waals surface area contributed by atoms with Crippen molar-refractivity contribution in [3.8, 4) is 0 Å². The van der Waals surface area contributed by atoms with Gasteiger partial charge in [-0.25, -0.2) is 15.0 Å². The number of imidazole rings is 1. The second-order valence-corrected chi connectivity index (χ2v) is 11.7. The van der Waals surface area contributed by atoms with Crippen molar-refractivity contribution in [2.24, 2.45) is 0 Å². The maximum absolute atomic E-state index is 12.6. The van der Waals surface area contributed by atoms with E-state index in [0.717, 1.165) is 25.8 Å². The molecule has 4 atom stereocenters. The minimum Gasteiger partial charge on any atom is -0.387 e. The van der Waals surface area contributed by atoms with Crippen molar-refractivity contribution in [2.75, 3.05) is 11.9 Å². The van der Waals surface area contributed by atoms with E-state index in [2.05, 4.69) is 92.7 Å². The van der Waals surface area contributed by atoms with E-state index in [1.54, 1.807) is 4.57 Å². The number of rotatable bonds is 9.